The number of carboxylic acids is 2. The van der Waals surface area contributed by atoms with Crippen LogP contribution in [0.2, 0.25) is 0 Å². The van der Waals surface area contributed by atoms with Crippen molar-refractivity contribution in [2.24, 2.45) is 5.73 Å². The summed E-state index contributed by atoms with van der Waals surface area (Å²) in [7, 11) is 0. The maximum Gasteiger partial charge on any atom is 0.321 e. The van der Waals surface area contributed by atoms with Gasteiger partial charge in [0.15, 0.2) is 0 Å². The number of carboxylic acid groups (broad SMARTS) is 2. The minimum Gasteiger partial charge on any atom is -0.481 e. The minimum atomic E-state index is -1.29. The number of nitrogens with one attached hydrogen (secondary N) is 3. The van der Waals surface area contributed by atoms with Crippen LogP contribution < -0.4 is 5.73 Å². The van der Waals surface area contributed by atoms with Crippen LogP contribution >= 0.6 is 0 Å². The molecule has 194 valence electrons. The van der Waals surface area contributed by atoms with E-state index in [0.717, 1.165) is 33.1 Å². The van der Waals surface area contributed by atoms with E-state index in [-0.39, 0.29) is 16.5 Å². The van der Waals surface area contributed by atoms with Gasteiger partial charge in [0, 0.05) is 16.5 Å². The molecule has 3 aromatic heterocycles. The largest absolute Gasteiger partial charge is 0.481 e. The molecule has 7 N–H and O–H groups in total. The molecule has 0 saturated heterocycles. The summed E-state index contributed by atoms with van der Waals surface area (Å²) in [6.45, 7) is 0. The summed E-state index contributed by atoms with van der Waals surface area (Å²) in [6.07, 6.45) is 4.56. The first-order chi connectivity index (χ1) is 17.4. The summed E-state index contributed by atoms with van der Waals surface area (Å²) >= 11 is 0. The molecule has 0 spiro atoms. The van der Waals surface area contributed by atoms with Crippen LogP contribution in [0.4, 0.5) is 0 Å². The Balaban J connectivity index is 0.000000172. The van der Waals surface area contributed by atoms with Gasteiger partial charge in [0.25, 0.3) is 0 Å². The second-order valence-electron chi connectivity index (χ2n) is 7.30. The summed E-state index contributed by atoms with van der Waals surface area (Å²) in [4.78, 5) is 40.8. The zero-order valence-corrected chi connectivity index (χ0v) is 20.4. The fraction of sp³-hybridized carbons (Fsp3) is 0.0800. The van der Waals surface area contributed by atoms with E-state index in [0.29, 0.717) is 0 Å². The van der Waals surface area contributed by atoms with E-state index in [2.05, 4.69) is 29.9 Å². The smallest absolute Gasteiger partial charge is 0.321 e. The Morgan fingerprint density at radius 1 is 0.676 bits per heavy atom. The van der Waals surface area contributed by atoms with E-state index in [1.54, 1.807) is 19.0 Å². The standard InChI is InChI=1S/3C7H6N2.C4H7NO4.Ni/c3*1-2-4-7-6(3-1)8-5-9-7;5-2(4(8)9)1-3(6)7;/h3*1-5H,(H,8,9);2H,1,5H2,(H,6,7)(H,8,9);. The molecule has 1 atom stereocenters. The van der Waals surface area contributed by atoms with Crippen molar-refractivity contribution < 1.29 is 36.3 Å². The normalized spacial score (nSPS) is 10.5. The van der Waals surface area contributed by atoms with E-state index in [1.807, 2.05) is 72.8 Å². The van der Waals surface area contributed by atoms with E-state index in [1.165, 1.54) is 0 Å². The number of carbonyl (C=O) groups is 2. The fourth-order valence-electron chi connectivity index (χ4n) is 2.91. The molecular formula is C25H25N7NiO4. The Hall–Kier alpha value is -4.54. The number of hydrogen-bond donors (Lipinski definition) is 6. The van der Waals surface area contributed by atoms with Crippen LogP contribution in [-0.4, -0.2) is 58.1 Å². The molecule has 0 aliphatic carbocycles. The van der Waals surface area contributed by atoms with Crippen molar-refractivity contribution in [1.82, 2.24) is 29.9 Å². The van der Waals surface area contributed by atoms with Gasteiger partial charge in [-0.2, -0.15) is 0 Å². The predicted molar refractivity (Wildman–Crippen MR) is 136 cm³/mol. The Labute approximate surface area is 221 Å². The number of aromatic amines is 3. The van der Waals surface area contributed by atoms with Crippen molar-refractivity contribution in [2.75, 3.05) is 0 Å². The molecule has 11 nitrogen and oxygen atoms in total. The summed E-state index contributed by atoms with van der Waals surface area (Å²) in [5.41, 5.74) is 11.2. The molecule has 0 saturated carbocycles. The molecule has 0 amide bonds. The van der Waals surface area contributed by atoms with Crippen LogP contribution in [-0.2, 0) is 26.1 Å². The summed E-state index contributed by atoms with van der Waals surface area (Å²) in [5.74, 6) is -2.50. The van der Waals surface area contributed by atoms with Crippen molar-refractivity contribution in [3.05, 3.63) is 91.8 Å². The number of aromatic nitrogens is 6. The average Bonchev–Trinajstić information content (AvgIpc) is 3.65. The van der Waals surface area contributed by atoms with Gasteiger partial charge in [-0.15, -0.1) is 0 Å². The zero-order chi connectivity index (χ0) is 25.8. The average molecular weight is 546 g/mol. The maximum absolute atomic E-state index is 9.85. The molecule has 0 fully saturated rings. The van der Waals surface area contributed by atoms with Crippen LogP contribution in [0.1, 0.15) is 6.42 Å². The third-order valence-electron chi connectivity index (χ3n) is 4.69. The first kappa shape index (κ1) is 28.7. The van der Waals surface area contributed by atoms with Crippen molar-refractivity contribution in [3.63, 3.8) is 0 Å². The van der Waals surface area contributed by atoms with Crippen molar-refractivity contribution in [2.45, 2.75) is 12.5 Å². The predicted octanol–water partition coefficient (Wildman–Crippen LogP) is 3.56. The number of para-hydroxylation sites is 6. The number of nitrogens with two attached hydrogens (primary N) is 1. The van der Waals surface area contributed by atoms with E-state index in [4.69, 9.17) is 15.9 Å². The first-order valence-electron chi connectivity index (χ1n) is 10.8. The van der Waals surface area contributed by atoms with Crippen molar-refractivity contribution in [3.8, 4) is 0 Å². The van der Waals surface area contributed by atoms with Gasteiger partial charge in [-0.05, 0) is 36.4 Å². The molecule has 0 bridgehead atoms. The van der Waals surface area contributed by atoms with E-state index in [9.17, 15) is 9.59 Å². The number of fused-ring (bicyclic) bond motifs is 3. The summed E-state index contributed by atoms with van der Waals surface area (Å²) in [6, 6.07) is 22.5. The van der Waals surface area contributed by atoms with Crippen LogP contribution in [0.15, 0.2) is 91.8 Å². The minimum absolute atomic E-state index is 0. The number of hydrogen-bond acceptors (Lipinski definition) is 6. The van der Waals surface area contributed by atoms with Gasteiger partial charge < -0.3 is 30.9 Å². The summed E-state index contributed by atoms with van der Waals surface area (Å²) < 4.78 is 0. The van der Waals surface area contributed by atoms with Gasteiger partial charge >= 0.3 is 11.9 Å². The molecule has 0 aliphatic heterocycles. The van der Waals surface area contributed by atoms with Crippen LogP contribution in [0, 0.1) is 0 Å². The molecule has 37 heavy (non-hydrogen) atoms. The number of H-pyrrole nitrogens is 3. The molecule has 3 heterocycles. The monoisotopic (exact) mass is 545 g/mol. The van der Waals surface area contributed by atoms with Crippen molar-refractivity contribution in [1.29, 1.82) is 0 Å². The molecule has 0 aliphatic rings. The number of nitrogens with zero attached hydrogens (tertiary/aromatic N) is 3. The Bertz CT molecular complexity index is 1280. The van der Waals surface area contributed by atoms with Gasteiger partial charge in [0.2, 0.25) is 0 Å². The number of aliphatic carboxylic acids is 2. The third kappa shape index (κ3) is 9.21. The molecule has 6 rings (SSSR count). The SMILES string of the molecule is NC(CC(=O)O)C(=O)O.[Ni].c1ccc2[nH]cnc2c1.c1ccc2[nH]cnc2c1.c1ccc2[nH]cnc2c1. The van der Waals surface area contributed by atoms with Gasteiger partial charge in [-0.3, -0.25) is 9.59 Å². The number of benzene rings is 3. The van der Waals surface area contributed by atoms with Gasteiger partial charge in [-0.1, -0.05) is 36.4 Å². The Kier molecular flexibility index (Phi) is 11.5. The van der Waals surface area contributed by atoms with E-state index < -0.39 is 24.4 Å². The molecule has 6 aromatic rings. The second-order valence-corrected chi connectivity index (χ2v) is 7.30. The molecule has 1 unspecified atom stereocenters. The van der Waals surface area contributed by atoms with E-state index >= 15 is 0 Å². The van der Waals surface area contributed by atoms with Gasteiger partial charge in [-0.25, -0.2) is 15.0 Å². The molecule has 12 heteroatoms. The van der Waals surface area contributed by atoms with Gasteiger partial charge in [0.1, 0.15) is 6.04 Å². The molecular weight excluding hydrogens is 521 g/mol. The second kappa shape index (κ2) is 14.8. The molecule has 3 aromatic carbocycles. The molecule has 0 radical (unpaired) electrons. The Morgan fingerprint density at radius 3 is 1.24 bits per heavy atom. The maximum atomic E-state index is 9.85. The quantitative estimate of drug-likeness (QED) is 0.182. The number of rotatable bonds is 3. The first-order valence-corrected chi connectivity index (χ1v) is 10.8. The fourth-order valence-corrected chi connectivity index (χ4v) is 2.91. The van der Waals surface area contributed by atoms with Crippen LogP contribution in [0.25, 0.3) is 33.1 Å². The Morgan fingerprint density at radius 2 is 1.00 bits per heavy atom. The van der Waals surface area contributed by atoms with Crippen LogP contribution in [0.5, 0.6) is 0 Å². The summed E-state index contributed by atoms with van der Waals surface area (Å²) in [5, 5.41) is 16.0. The number of imidazole rings is 3. The topological polar surface area (TPSA) is 187 Å². The van der Waals surface area contributed by atoms with Crippen LogP contribution in [0.3, 0.4) is 0 Å². The van der Waals surface area contributed by atoms with Crippen molar-refractivity contribution >= 4 is 45.0 Å². The third-order valence-corrected chi connectivity index (χ3v) is 4.69. The zero-order valence-electron chi connectivity index (χ0n) is 19.4. The van der Waals surface area contributed by atoms with Gasteiger partial charge in [0.05, 0.1) is 58.5 Å².